The Morgan fingerprint density at radius 3 is 2.63 bits per heavy atom. The third-order valence-electron chi connectivity index (χ3n) is 4.35. The predicted molar refractivity (Wildman–Crippen MR) is 114 cm³/mol. The van der Waals surface area contributed by atoms with Crippen LogP contribution in [0.15, 0.2) is 77.0 Å². The zero-order valence-corrected chi connectivity index (χ0v) is 16.4. The number of hydrogen-bond acceptors (Lipinski definition) is 4. The van der Waals surface area contributed by atoms with Crippen LogP contribution in [0.25, 0.3) is 21.5 Å². The number of fused-ring (bicyclic) bond motifs is 1. The average Bonchev–Trinajstić information content (AvgIpc) is 3.26. The molecule has 0 aliphatic rings. The second-order valence-electron chi connectivity index (χ2n) is 6.08. The Morgan fingerprint density at radius 1 is 1.07 bits per heavy atom. The van der Waals surface area contributed by atoms with Crippen LogP contribution in [0.1, 0.15) is 15.9 Å². The molecule has 0 saturated heterocycles. The van der Waals surface area contributed by atoms with Crippen molar-refractivity contribution in [3.63, 3.8) is 0 Å². The fourth-order valence-corrected chi connectivity index (χ4v) is 4.03. The van der Waals surface area contributed by atoms with E-state index in [1.165, 1.54) is 4.90 Å². The SMILES string of the molecule is CSc1ccc(CNC(=O)c2cc(-c3cccs3)nc3ccccc23)cc1. The first-order chi connectivity index (χ1) is 13.2. The molecule has 0 aliphatic heterocycles. The van der Waals surface area contributed by atoms with Gasteiger partial charge in [-0.15, -0.1) is 23.1 Å². The third kappa shape index (κ3) is 3.89. The van der Waals surface area contributed by atoms with E-state index in [4.69, 9.17) is 4.98 Å². The molecular weight excluding hydrogens is 372 g/mol. The number of aromatic nitrogens is 1. The lowest BCUT2D eigenvalue weighted by atomic mass is 10.1. The first-order valence-corrected chi connectivity index (χ1v) is 10.7. The van der Waals surface area contributed by atoms with Crippen LogP contribution in [-0.4, -0.2) is 17.1 Å². The molecule has 3 nitrogen and oxygen atoms in total. The fourth-order valence-electron chi connectivity index (χ4n) is 2.93. The van der Waals surface area contributed by atoms with Crippen LogP contribution in [0.3, 0.4) is 0 Å². The number of carbonyl (C=O) groups excluding carboxylic acids is 1. The standard InChI is InChI=1S/C22H18N2OS2/c1-26-16-10-8-15(9-11-16)14-23-22(25)18-13-20(21-7-4-12-27-21)24-19-6-3-2-5-17(18)19/h2-13H,14H2,1H3,(H,23,25). The van der Waals surface area contributed by atoms with Gasteiger partial charge in [-0.3, -0.25) is 4.79 Å². The van der Waals surface area contributed by atoms with Gasteiger partial charge in [0.15, 0.2) is 0 Å². The van der Waals surface area contributed by atoms with Gasteiger partial charge in [0.25, 0.3) is 5.91 Å². The molecule has 0 atom stereocenters. The summed E-state index contributed by atoms with van der Waals surface area (Å²) in [4.78, 5) is 19.9. The molecule has 2 aromatic heterocycles. The van der Waals surface area contributed by atoms with E-state index in [9.17, 15) is 4.79 Å². The molecule has 4 aromatic rings. The van der Waals surface area contributed by atoms with E-state index in [1.807, 2.05) is 60.0 Å². The summed E-state index contributed by atoms with van der Waals surface area (Å²) in [6.07, 6.45) is 2.05. The lowest BCUT2D eigenvalue weighted by molar-refractivity contribution is 0.0952. The summed E-state index contributed by atoms with van der Waals surface area (Å²) in [5.74, 6) is -0.0830. The number of thiophene rings is 1. The van der Waals surface area contributed by atoms with Gasteiger partial charge in [-0.05, 0) is 47.5 Å². The van der Waals surface area contributed by atoms with E-state index in [1.54, 1.807) is 23.1 Å². The van der Waals surface area contributed by atoms with Crippen LogP contribution in [0.4, 0.5) is 0 Å². The molecular formula is C22H18N2OS2. The largest absolute Gasteiger partial charge is 0.348 e. The summed E-state index contributed by atoms with van der Waals surface area (Å²) >= 11 is 3.33. The highest BCUT2D eigenvalue weighted by atomic mass is 32.2. The smallest absolute Gasteiger partial charge is 0.252 e. The van der Waals surface area contributed by atoms with Gasteiger partial charge in [-0.2, -0.15) is 0 Å². The Labute approximate surface area is 166 Å². The molecule has 27 heavy (non-hydrogen) atoms. The van der Waals surface area contributed by atoms with Crippen LogP contribution in [0.2, 0.25) is 0 Å². The van der Waals surface area contributed by atoms with Crippen molar-refractivity contribution in [3.8, 4) is 10.6 Å². The topological polar surface area (TPSA) is 42.0 Å². The molecule has 5 heteroatoms. The average molecular weight is 391 g/mol. The Bertz CT molecular complexity index is 1070. The van der Waals surface area contributed by atoms with Gasteiger partial charge in [0.05, 0.1) is 21.7 Å². The first kappa shape index (κ1) is 17.8. The summed E-state index contributed by atoms with van der Waals surface area (Å²) in [6.45, 7) is 0.498. The van der Waals surface area contributed by atoms with Crippen molar-refractivity contribution < 1.29 is 4.79 Å². The number of nitrogens with one attached hydrogen (secondary N) is 1. The van der Waals surface area contributed by atoms with Crippen molar-refractivity contribution in [2.45, 2.75) is 11.4 Å². The number of nitrogens with zero attached hydrogens (tertiary/aromatic N) is 1. The molecule has 0 aliphatic carbocycles. The third-order valence-corrected chi connectivity index (χ3v) is 5.98. The molecule has 0 fully saturated rings. The van der Waals surface area contributed by atoms with E-state index >= 15 is 0 Å². The maximum Gasteiger partial charge on any atom is 0.252 e. The summed E-state index contributed by atoms with van der Waals surface area (Å²) < 4.78 is 0. The molecule has 0 spiro atoms. The van der Waals surface area contributed by atoms with E-state index < -0.39 is 0 Å². The molecule has 1 amide bonds. The van der Waals surface area contributed by atoms with Crippen LogP contribution >= 0.6 is 23.1 Å². The van der Waals surface area contributed by atoms with Crippen LogP contribution in [0.5, 0.6) is 0 Å². The van der Waals surface area contributed by atoms with Crippen molar-refractivity contribution in [3.05, 3.63) is 83.2 Å². The number of benzene rings is 2. The molecule has 1 N–H and O–H groups in total. The molecule has 2 aromatic carbocycles. The molecule has 0 unspecified atom stereocenters. The second-order valence-corrected chi connectivity index (χ2v) is 7.91. The maximum atomic E-state index is 12.9. The quantitative estimate of drug-likeness (QED) is 0.450. The van der Waals surface area contributed by atoms with Crippen LogP contribution < -0.4 is 5.32 Å². The van der Waals surface area contributed by atoms with Crippen molar-refractivity contribution in [1.82, 2.24) is 10.3 Å². The van der Waals surface area contributed by atoms with Crippen molar-refractivity contribution in [1.29, 1.82) is 0 Å². The predicted octanol–water partition coefficient (Wildman–Crippen LogP) is 5.62. The van der Waals surface area contributed by atoms with Gasteiger partial charge in [0.1, 0.15) is 0 Å². The summed E-state index contributed by atoms with van der Waals surface area (Å²) in [5, 5.41) is 5.93. The minimum atomic E-state index is -0.0830. The van der Waals surface area contributed by atoms with Gasteiger partial charge in [0, 0.05) is 16.8 Å². The van der Waals surface area contributed by atoms with Crippen LogP contribution in [-0.2, 0) is 6.54 Å². The Hall–Kier alpha value is -2.63. The maximum absolute atomic E-state index is 12.9. The minimum absolute atomic E-state index is 0.0830. The number of amides is 1. The monoisotopic (exact) mass is 390 g/mol. The van der Waals surface area contributed by atoms with E-state index in [0.29, 0.717) is 12.1 Å². The highest BCUT2D eigenvalue weighted by Crippen LogP contribution is 2.28. The minimum Gasteiger partial charge on any atom is -0.348 e. The molecule has 2 heterocycles. The lowest BCUT2D eigenvalue weighted by Crippen LogP contribution is -2.23. The number of hydrogen-bond donors (Lipinski definition) is 1. The summed E-state index contributed by atoms with van der Waals surface area (Å²) in [5.41, 5.74) is 3.40. The highest BCUT2D eigenvalue weighted by molar-refractivity contribution is 7.98. The van der Waals surface area contributed by atoms with Gasteiger partial charge < -0.3 is 5.32 Å². The zero-order chi connectivity index (χ0) is 18.6. The number of para-hydroxylation sites is 1. The van der Waals surface area contributed by atoms with Crippen molar-refractivity contribution in [2.75, 3.05) is 6.26 Å². The molecule has 134 valence electrons. The number of carbonyl (C=O) groups is 1. The number of pyridine rings is 1. The van der Waals surface area contributed by atoms with Gasteiger partial charge >= 0.3 is 0 Å². The lowest BCUT2D eigenvalue weighted by Gasteiger charge is -2.10. The Kier molecular flexibility index (Phi) is 5.23. The molecule has 0 saturated carbocycles. The zero-order valence-electron chi connectivity index (χ0n) is 14.8. The van der Waals surface area contributed by atoms with Gasteiger partial charge in [-0.1, -0.05) is 36.4 Å². The second kappa shape index (κ2) is 7.94. The molecule has 0 radical (unpaired) electrons. The first-order valence-electron chi connectivity index (χ1n) is 8.59. The Morgan fingerprint density at radius 2 is 1.89 bits per heavy atom. The van der Waals surface area contributed by atoms with Crippen molar-refractivity contribution >= 4 is 39.9 Å². The van der Waals surface area contributed by atoms with Gasteiger partial charge in [0.2, 0.25) is 0 Å². The summed E-state index contributed by atoms with van der Waals surface area (Å²) in [6, 6.07) is 21.9. The highest BCUT2D eigenvalue weighted by Gasteiger charge is 2.14. The normalized spacial score (nSPS) is 10.9. The Balaban J connectivity index is 1.63. The van der Waals surface area contributed by atoms with Crippen molar-refractivity contribution in [2.24, 2.45) is 0 Å². The number of rotatable bonds is 5. The molecule has 4 rings (SSSR count). The van der Waals surface area contributed by atoms with Gasteiger partial charge in [-0.25, -0.2) is 4.98 Å². The molecule has 0 bridgehead atoms. The van der Waals surface area contributed by atoms with E-state index in [0.717, 1.165) is 27.0 Å². The van der Waals surface area contributed by atoms with E-state index in [-0.39, 0.29) is 5.91 Å². The fraction of sp³-hybridized carbons (Fsp3) is 0.0909. The summed E-state index contributed by atoms with van der Waals surface area (Å²) in [7, 11) is 0. The van der Waals surface area contributed by atoms with E-state index in [2.05, 4.69) is 23.7 Å². The van der Waals surface area contributed by atoms with Crippen LogP contribution in [0, 0.1) is 0 Å². The number of thioether (sulfide) groups is 1.